The molecule has 1 unspecified atom stereocenters. The number of carbonyl (C=O) groups is 2. The summed E-state index contributed by atoms with van der Waals surface area (Å²) in [5.41, 5.74) is 4.75. The zero-order chi connectivity index (χ0) is 25.9. The van der Waals surface area contributed by atoms with E-state index in [2.05, 4.69) is 15.3 Å². The highest BCUT2D eigenvalue weighted by Gasteiger charge is 2.38. The van der Waals surface area contributed by atoms with Crippen LogP contribution in [0.4, 0.5) is 13.2 Å². The fraction of sp³-hybridized carbons (Fsp3) is 0.261. The van der Waals surface area contributed by atoms with E-state index in [1.54, 1.807) is 16.9 Å². The molecule has 5 rings (SSSR count). The summed E-state index contributed by atoms with van der Waals surface area (Å²) in [5, 5.41) is 17.7. The van der Waals surface area contributed by atoms with Gasteiger partial charge in [-0.15, -0.1) is 16.4 Å². The molecule has 36 heavy (non-hydrogen) atoms. The molecule has 1 saturated heterocycles. The number of fused-ring (bicyclic) bond motifs is 1. The van der Waals surface area contributed by atoms with Crippen molar-refractivity contribution in [3.63, 3.8) is 0 Å². The van der Waals surface area contributed by atoms with Gasteiger partial charge in [0, 0.05) is 30.7 Å². The third-order valence-corrected chi connectivity index (χ3v) is 6.42. The number of rotatable bonds is 3. The number of pyridine rings is 2. The standard InChI is InChI=1S/C21H19N5O2S.C2HF3O2/c1-14-6-11-29-20(14)21(27)25-9-10-28-18(13-25)19-17-3-2-16(12-26(17)24-23-19)15-4-7-22-8-5-15;3-2(4,5)1(6)7/h2-8,11-12,18H,9-10,13H2,1H3;(H,6,7). The van der Waals surface area contributed by atoms with Crippen molar-refractivity contribution in [3.8, 4) is 11.1 Å². The minimum Gasteiger partial charge on any atom is -0.475 e. The van der Waals surface area contributed by atoms with Crippen LogP contribution in [0.2, 0.25) is 0 Å². The number of ether oxygens (including phenoxy) is 1. The summed E-state index contributed by atoms with van der Waals surface area (Å²) in [4.78, 5) is 28.5. The Morgan fingerprint density at radius 2 is 1.86 bits per heavy atom. The highest BCUT2D eigenvalue weighted by Crippen LogP contribution is 2.28. The number of carboxylic acid groups (broad SMARTS) is 1. The Balaban J connectivity index is 0.000000384. The van der Waals surface area contributed by atoms with Gasteiger partial charge in [0.15, 0.2) is 0 Å². The number of nitrogens with zero attached hydrogens (tertiary/aromatic N) is 5. The lowest BCUT2D eigenvalue weighted by Gasteiger charge is -2.32. The minimum absolute atomic E-state index is 0.0576. The van der Waals surface area contributed by atoms with Crippen LogP contribution < -0.4 is 0 Å². The van der Waals surface area contributed by atoms with Gasteiger partial charge in [-0.2, -0.15) is 13.2 Å². The van der Waals surface area contributed by atoms with Crippen LogP contribution >= 0.6 is 11.3 Å². The average molecular weight is 520 g/mol. The van der Waals surface area contributed by atoms with Gasteiger partial charge in [0.1, 0.15) is 11.8 Å². The summed E-state index contributed by atoms with van der Waals surface area (Å²) in [6.45, 7) is 3.50. The number of morpholine rings is 1. The number of carbonyl (C=O) groups excluding carboxylic acids is 1. The molecule has 4 aromatic heterocycles. The first-order valence-electron chi connectivity index (χ1n) is 10.7. The molecule has 188 valence electrons. The van der Waals surface area contributed by atoms with Crippen molar-refractivity contribution >= 4 is 28.7 Å². The maximum atomic E-state index is 12.9. The van der Waals surface area contributed by atoms with E-state index in [9.17, 15) is 18.0 Å². The smallest absolute Gasteiger partial charge is 0.475 e. The molecule has 0 aromatic carbocycles. The van der Waals surface area contributed by atoms with Crippen LogP contribution in [0.1, 0.15) is 27.0 Å². The molecule has 0 radical (unpaired) electrons. The summed E-state index contributed by atoms with van der Waals surface area (Å²) in [7, 11) is 0. The van der Waals surface area contributed by atoms with E-state index in [0.29, 0.717) is 19.7 Å². The SMILES string of the molecule is Cc1ccsc1C(=O)N1CCOC(c2nnn3cc(-c4ccncc4)ccc23)C1.O=C(O)C(F)(F)F. The predicted octanol–water partition coefficient (Wildman–Crippen LogP) is 4.01. The lowest BCUT2D eigenvalue weighted by atomic mass is 10.1. The number of aromatic nitrogens is 4. The summed E-state index contributed by atoms with van der Waals surface area (Å²) >= 11 is 1.48. The normalized spacial score (nSPS) is 15.9. The fourth-order valence-electron chi connectivity index (χ4n) is 3.59. The first-order chi connectivity index (χ1) is 17.1. The second-order valence-electron chi connectivity index (χ2n) is 7.80. The molecule has 0 aliphatic carbocycles. The molecule has 4 aromatic rings. The Labute approximate surface area is 206 Å². The van der Waals surface area contributed by atoms with E-state index in [1.807, 2.05) is 53.7 Å². The van der Waals surface area contributed by atoms with Gasteiger partial charge < -0.3 is 14.7 Å². The molecule has 1 atom stereocenters. The highest BCUT2D eigenvalue weighted by molar-refractivity contribution is 7.12. The van der Waals surface area contributed by atoms with Crippen LogP contribution in [0.25, 0.3) is 16.6 Å². The van der Waals surface area contributed by atoms with Gasteiger partial charge in [-0.3, -0.25) is 9.78 Å². The summed E-state index contributed by atoms with van der Waals surface area (Å²) in [6.07, 6.45) is 0.103. The number of hydrogen-bond donors (Lipinski definition) is 1. The summed E-state index contributed by atoms with van der Waals surface area (Å²) in [5.74, 6) is -2.70. The van der Waals surface area contributed by atoms with E-state index >= 15 is 0 Å². The van der Waals surface area contributed by atoms with Crippen molar-refractivity contribution < 1.29 is 32.6 Å². The number of halogens is 3. The lowest BCUT2D eigenvalue weighted by Crippen LogP contribution is -2.42. The number of alkyl halides is 3. The number of aliphatic carboxylic acids is 1. The fourth-order valence-corrected chi connectivity index (χ4v) is 4.48. The predicted molar refractivity (Wildman–Crippen MR) is 124 cm³/mol. The van der Waals surface area contributed by atoms with Crippen molar-refractivity contribution in [3.05, 3.63) is 70.4 Å². The molecule has 1 aliphatic rings. The molecule has 13 heteroatoms. The minimum atomic E-state index is -5.08. The Kier molecular flexibility index (Phi) is 7.31. The maximum Gasteiger partial charge on any atom is 0.490 e. The van der Waals surface area contributed by atoms with E-state index in [4.69, 9.17) is 14.6 Å². The third-order valence-electron chi connectivity index (χ3n) is 5.41. The zero-order valence-electron chi connectivity index (χ0n) is 18.8. The van der Waals surface area contributed by atoms with Gasteiger partial charge in [0.25, 0.3) is 5.91 Å². The average Bonchev–Trinajstić information content (AvgIpc) is 3.49. The molecule has 0 saturated carbocycles. The van der Waals surface area contributed by atoms with E-state index in [-0.39, 0.29) is 12.0 Å². The molecule has 1 fully saturated rings. The highest BCUT2D eigenvalue weighted by atomic mass is 32.1. The zero-order valence-corrected chi connectivity index (χ0v) is 19.7. The van der Waals surface area contributed by atoms with Crippen molar-refractivity contribution in [2.75, 3.05) is 19.7 Å². The number of aryl methyl sites for hydroxylation is 1. The summed E-state index contributed by atoms with van der Waals surface area (Å²) in [6, 6.07) is 9.93. The number of thiophene rings is 1. The van der Waals surface area contributed by atoms with Crippen LogP contribution in [-0.4, -0.2) is 67.6 Å². The van der Waals surface area contributed by atoms with Crippen molar-refractivity contribution in [2.45, 2.75) is 19.2 Å². The third kappa shape index (κ3) is 5.52. The van der Waals surface area contributed by atoms with Crippen LogP contribution in [-0.2, 0) is 9.53 Å². The molecular weight excluding hydrogens is 499 g/mol. The van der Waals surface area contributed by atoms with Gasteiger partial charge in [-0.25, -0.2) is 9.31 Å². The van der Waals surface area contributed by atoms with Crippen LogP contribution in [0.3, 0.4) is 0 Å². The first kappa shape index (κ1) is 25.3. The van der Waals surface area contributed by atoms with E-state index in [0.717, 1.165) is 32.8 Å². The van der Waals surface area contributed by atoms with Crippen molar-refractivity contribution in [1.29, 1.82) is 0 Å². The molecule has 1 aliphatic heterocycles. The number of hydrogen-bond acceptors (Lipinski definition) is 7. The van der Waals surface area contributed by atoms with Gasteiger partial charge in [-0.1, -0.05) is 11.3 Å². The molecule has 0 bridgehead atoms. The Bertz CT molecular complexity index is 1370. The molecule has 5 heterocycles. The topological polar surface area (TPSA) is 110 Å². The van der Waals surface area contributed by atoms with Crippen LogP contribution in [0, 0.1) is 6.92 Å². The lowest BCUT2D eigenvalue weighted by molar-refractivity contribution is -0.192. The van der Waals surface area contributed by atoms with E-state index < -0.39 is 12.1 Å². The van der Waals surface area contributed by atoms with E-state index in [1.165, 1.54) is 11.3 Å². The second-order valence-corrected chi connectivity index (χ2v) is 8.72. The van der Waals surface area contributed by atoms with Gasteiger partial charge in [0.05, 0.1) is 23.5 Å². The molecule has 0 spiro atoms. The summed E-state index contributed by atoms with van der Waals surface area (Å²) < 4.78 is 39.5. The molecule has 9 nitrogen and oxygen atoms in total. The van der Waals surface area contributed by atoms with Crippen LogP contribution in [0.5, 0.6) is 0 Å². The van der Waals surface area contributed by atoms with Gasteiger partial charge in [-0.05, 0) is 47.7 Å². The van der Waals surface area contributed by atoms with Crippen molar-refractivity contribution in [2.24, 2.45) is 0 Å². The Morgan fingerprint density at radius 3 is 2.50 bits per heavy atom. The largest absolute Gasteiger partial charge is 0.490 e. The molecule has 1 amide bonds. The second kappa shape index (κ2) is 10.4. The first-order valence-corrected chi connectivity index (χ1v) is 11.5. The Hall–Kier alpha value is -3.84. The van der Waals surface area contributed by atoms with Crippen molar-refractivity contribution in [1.82, 2.24) is 24.7 Å². The molecular formula is C23H20F3N5O4S. The monoisotopic (exact) mass is 519 g/mol. The van der Waals surface area contributed by atoms with Gasteiger partial charge in [0.2, 0.25) is 0 Å². The van der Waals surface area contributed by atoms with Gasteiger partial charge >= 0.3 is 12.1 Å². The quantitative estimate of drug-likeness (QED) is 0.436. The Morgan fingerprint density at radius 1 is 1.14 bits per heavy atom. The maximum absolute atomic E-state index is 12.9. The molecule has 1 N–H and O–H groups in total. The van der Waals surface area contributed by atoms with Crippen LogP contribution in [0.15, 0.2) is 54.3 Å². The number of carboxylic acids is 1. The number of amides is 1.